The topological polar surface area (TPSA) is 92.4 Å². The Morgan fingerprint density at radius 3 is 1.79 bits per heavy atom. The molecule has 0 saturated carbocycles. The van der Waals surface area contributed by atoms with Crippen molar-refractivity contribution < 1.29 is 45.7 Å². The number of amides is 2. The molecule has 0 heterocycles. The van der Waals surface area contributed by atoms with Crippen LogP contribution in [0.1, 0.15) is 15.3 Å². The molecule has 0 aliphatic carbocycles. The normalized spacial score (nSPS) is 6.36. The van der Waals surface area contributed by atoms with E-state index in [1.165, 1.54) is 0 Å². The van der Waals surface area contributed by atoms with Crippen molar-refractivity contribution in [2.24, 2.45) is 5.73 Å². The number of aliphatic hydroxyl groups excluding tert-OH is 1. The Labute approximate surface area is 119 Å². The van der Waals surface area contributed by atoms with Crippen LogP contribution in [-0.2, 0) is 0 Å². The van der Waals surface area contributed by atoms with Gasteiger partial charge in [0.2, 0.25) is 0 Å². The first kappa shape index (κ1) is 24.0. The predicted molar refractivity (Wildman–Crippen MR) is 60.5 cm³/mol. The third kappa shape index (κ3) is 80.1. The van der Waals surface area contributed by atoms with Gasteiger partial charge in [0, 0.05) is 6.54 Å². The van der Waals surface area contributed by atoms with E-state index < -0.39 is 10.5 Å². The molecule has 4 N–H and O–H groups in total. The van der Waals surface area contributed by atoms with Crippen LogP contribution in [0, 0.1) is 0 Å². The van der Waals surface area contributed by atoms with Gasteiger partial charge >= 0.3 is 29.6 Å². The number of hydrogen-bond donors (Lipinski definition) is 5. The number of thiol groups is 2. The van der Waals surface area contributed by atoms with Gasteiger partial charge in [-0.2, -0.15) is 0 Å². The number of nitrogens with two attached hydrogens (primary N) is 1. The van der Waals surface area contributed by atoms with Crippen molar-refractivity contribution in [3.8, 4) is 0 Å². The summed E-state index contributed by atoms with van der Waals surface area (Å²) in [7, 11) is 0. The molecule has 0 saturated heterocycles. The van der Waals surface area contributed by atoms with Crippen molar-refractivity contribution in [1.82, 2.24) is 5.32 Å². The summed E-state index contributed by atoms with van der Waals surface area (Å²) in [6.07, 6.45) is 0. The number of nitrogens with one attached hydrogen (secondary N) is 1. The Bertz CT molecular complexity index is 140. The molecule has 0 aromatic heterocycles. The summed E-state index contributed by atoms with van der Waals surface area (Å²) in [5, 5.41) is 9.29. The molecular formula is C6H17N2NaO3S2. The van der Waals surface area contributed by atoms with Gasteiger partial charge in [-0.1, -0.05) is 39.1 Å². The third-order valence-electron chi connectivity index (χ3n) is 0.388. The van der Waals surface area contributed by atoms with Gasteiger partial charge in [0.25, 0.3) is 10.5 Å². The second kappa shape index (κ2) is 23.4. The molecule has 82 valence electrons. The first-order chi connectivity index (χ1) is 6.00. The van der Waals surface area contributed by atoms with E-state index in [1.807, 2.05) is 13.8 Å². The second-order valence-electron chi connectivity index (χ2n) is 1.29. The van der Waals surface area contributed by atoms with Gasteiger partial charge in [0.15, 0.2) is 0 Å². The molecule has 0 atom stereocenters. The summed E-state index contributed by atoms with van der Waals surface area (Å²) in [4.78, 5) is 18.9. The van der Waals surface area contributed by atoms with E-state index in [-0.39, 0.29) is 44.1 Å². The van der Waals surface area contributed by atoms with Gasteiger partial charge < -0.3 is 17.6 Å². The average Bonchev–Trinajstić information content (AvgIpc) is 2.03. The van der Waals surface area contributed by atoms with E-state index in [2.05, 4.69) is 36.3 Å². The van der Waals surface area contributed by atoms with Crippen molar-refractivity contribution in [3.63, 3.8) is 0 Å². The van der Waals surface area contributed by atoms with E-state index in [0.29, 0.717) is 0 Å². The van der Waals surface area contributed by atoms with E-state index in [0.717, 1.165) is 0 Å². The quantitative estimate of drug-likeness (QED) is 0.284. The van der Waals surface area contributed by atoms with Crippen molar-refractivity contribution >= 4 is 35.7 Å². The predicted octanol–water partition coefficient (Wildman–Crippen LogP) is -2.24. The smallest absolute Gasteiger partial charge is 1.00 e. The molecule has 0 aromatic rings. The van der Waals surface area contributed by atoms with Gasteiger partial charge in [-0.05, 0) is 0 Å². The van der Waals surface area contributed by atoms with Crippen LogP contribution >= 0.6 is 25.3 Å². The van der Waals surface area contributed by atoms with Crippen LogP contribution in [0.4, 0.5) is 9.59 Å². The maximum absolute atomic E-state index is 9.84. The maximum atomic E-state index is 9.84. The van der Waals surface area contributed by atoms with Crippen LogP contribution in [0.2, 0.25) is 0 Å². The van der Waals surface area contributed by atoms with Gasteiger partial charge in [0.05, 0.1) is 6.61 Å². The van der Waals surface area contributed by atoms with Crippen molar-refractivity contribution in [2.45, 2.75) is 13.8 Å². The third-order valence-corrected chi connectivity index (χ3v) is 0.546. The molecule has 14 heavy (non-hydrogen) atoms. The molecular weight excluding hydrogens is 235 g/mol. The van der Waals surface area contributed by atoms with Gasteiger partial charge in [0.1, 0.15) is 0 Å². The maximum Gasteiger partial charge on any atom is 1.00 e. The average molecular weight is 252 g/mol. The molecule has 5 nitrogen and oxygen atoms in total. The summed E-state index contributed by atoms with van der Waals surface area (Å²) in [6.45, 7) is 4.24. The monoisotopic (exact) mass is 252 g/mol. The van der Waals surface area contributed by atoms with Gasteiger partial charge in [-0.25, -0.2) is 0 Å². The van der Waals surface area contributed by atoms with Crippen LogP contribution < -0.4 is 40.6 Å². The Morgan fingerprint density at radius 1 is 1.43 bits per heavy atom. The molecule has 8 heteroatoms. The van der Waals surface area contributed by atoms with E-state index in [1.54, 1.807) is 0 Å². The molecule has 0 radical (unpaired) electrons. The second-order valence-corrected chi connectivity index (χ2v) is 2.14. The molecule has 0 rings (SSSR count). The number of carbonyl (C=O) groups is 2. The number of hydrogen-bond acceptors (Lipinski definition) is 3. The zero-order valence-electron chi connectivity index (χ0n) is 9.65. The fourth-order valence-electron chi connectivity index (χ4n) is 0.163. The van der Waals surface area contributed by atoms with Gasteiger partial charge in [-0.3, -0.25) is 9.59 Å². The van der Waals surface area contributed by atoms with Crippen molar-refractivity contribution in [3.05, 3.63) is 0 Å². The number of carbonyl (C=O) groups excluding carboxylic acids is 2. The van der Waals surface area contributed by atoms with Crippen LogP contribution in [0.25, 0.3) is 0 Å². The Morgan fingerprint density at radius 2 is 1.71 bits per heavy atom. The summed E-state index contributed by atoms with van der Waals surface area (Å²) >= 11 is 6.48. The zero-order valence-corrected chi connectivity index (χ0v) is 12.4. The summed E-state index contributed by atoms with van der Waals surface area (Å²) in [6, 6.07) is 0. The molecule has 0 aliphatic heterocycles. The first-order valence-corrected chi connectivity index (χ1v) is 4.46. The van der Waals surface area contributed by atoms with Crippen molar-refractivity contribution in [2.75, 3.05) is 13.2 Å². The van der Waals surface area contributed by atoms with Gasteiger partial charge in [-0.15, -0.1) is 0 Å². The molecule has 0 fully saturated rings. The van der Waals surface area contributed by atoms with Crippen LogP contribution in [-0.4, -0.2) is 28.7 Å². The van der Waals surface area contributed by atoms with Crippen molar-refractivity contribution in [1.29, 1.82) is 0 Å². The number of primary amides is 1. The summed E-state index contributed by atoms with van der Waals surface area (Å²) < 4.78 is 0. The molecule has 0 bridgehead atoms. The van der Waals surface area contributed by atoms with E-state index in [9.17, 15) is 4.79 Å². The molecule has 0 aliphatic rings. The molecule has 0 spiro atoms. The Balaban J connectivity index is -0.0000000367. The fourth-order valence-corrected chi connectivity index (χ4v) is 0.275. The number of aliphatic hydroxyl groups is 1. The summed E-state index contributed by atoms with van der Waals surface area (Å²) in [5.41, 5.74) is 4.34. The van der Waals surface area contributed by atoms with E-state index >= 15 is 0 Å². The number of rotatable bonds is 2. The summed E-state index contributed by atoms with van der Waals surface area (Å²) in [5.74, 6) is 0. The van der Waals surface area contributed by atoms with Crippen LogP contribution in [0.15, 0.2) is 0 Å². The minimum atomic E-state index is -0.639. The standard InChI is InChI=1S/C3H7NO2S.C2H6.CH3NOS.Na.H/c5-2-1-4-3(6)7;1-2;2-1(3)4;;/h5H,1-2H2,(H2,4,6,7);1-2H3;(H3,2,3,4);;/q;;;+1;-1. The zero-order chi connectivity index (χ0) is 11.3. The minimum absolute atomic E-state index is 0. The Hall–Kier alpha value is 0.600. The molecule has 0 aromatic carbocycles. The minimum Gasteiger partial charge on any atom is -1.00 e. The Kier molecular flexibility index (Phi) is 40.2. The fraction of sp³-hybridized carbons (Fsp3) is 0.667. The molecule has 0 unspecified atom stereocenters. The van der Waals surface area contributed by atoms with E-state index in [4.69, 9.17) is 9.90 Å². The van der Waals surface area contributed by atoms with Crippen LogP contribution in [0.3, 0.4) is 0 Å². The largest absolute Gasteiger partial charge is 1.00 e. The molecule has 2 amide bonds. The van der Waals surface area contributed by atoms with Crippen LogP contribution in [0.5, 0.6) is 0 Å². The SMILES string of the molecule is CC.NC(=O)S.O=C(S)NCCO.[H-].[Na+]. The first-order valence-electron chi connectivity index (χ1n) is 3.56.